The normalized spacial score (nSPS) is 17.9. The minimum absolute atomic E-state index is 0.0150. The van der Waals surface area contributed by atoms with Crippen LogP contribution >= 0.6 is 0 Å². The third-order valence-electron chi connectivity index (χ3n) is 7.35. The van der Waals surface area contributed by atoms with Crippen LogP contribution in [0.15, 0.2) is 28.7 Å². The van der Waals surface area contributed by atoms with Gasteiger partial charge in [0.2, 0.25) is 11.8 Å². The van der Waals surface area contributed by atoms with Gasteiger partial charge in [-0.1, -0.05) is 40.7 Å². The molecule has 2 aromatic heterocycles. The fraction of sp³-hybridized carbons (Fsp3) is 0.464. The van der Waals surface area contributed by atoms with Crippen molar-refractivity contribution >= 4 is 11.6 Å². The van der Waals surface area contributed by atoms with E-state index in [9.17, 15) is 4.79 Å². The molecule has 0 radical (unpaired) electrons. The van der Waals surface area contributed by atoms with E-state index in [1.54, 1.807) is 12.1 Å². The molecule has 1 N–H and O–H groups in total. The molecule has 198 valence electrons. The number of rotatable bonds is 8. The predicted octanol–water partition coefficient (Wildman–Crippen LogP) is 6.12. The number of methoxy groups -OCH3 is 3. The number of furan rings is 1. The fourth-order valence-electron chi connectivity index (χ4n) is 5.26. The molecule has 4 rings (SSSR count). The smallest absolute Gasteiger partial charge is 0.322 e. The molecular weight excluding hydrogens is 474 g/mol. The van der Waals surface area contributed by atoms with Crippen LogP contribution in [0.5, 0.6) is 29.5 Å². The Balaban J connectivity index is 1.63. The summed E-state index contributed by atoms with van der Waals surface area (Å²) in [5.41, 5.74) is 3.80. The highest BCUT2D eigenvalue weighted by molar-refractivity contribution is 6.03. The zero-order valence-electron chi connectivity index (χ0n) is 22.9. The van der Waals surface area contributed by atoms with Gasteiger partial charge in [-0.2, -0.15) is 9.97 Å². The lowest BCUT2D eigenvalue weighted by Crippen LogP contribution is -2.25. The van der Waals surface area contributed by atoms with E-state index in [1.165, 1.54) is 32.5 Å². The molecule has 0 spiro atoms. The second-order valence-corrected chi connectivity index (χ2v) is 10.3. The average Bonchev–Trinajstić information content (AvgIpc) is 3.40. The van der Waals surface area contributed by atoms with Crippen LogP contribution in [0.4, 0.5) is 5.69 Å². The van der Waals surface area contributed by atoms with Crippen molar-refractivity contribution in [1.29, 1.82) is 0 Å². The van der Waals surface area contributed by atoms with Crippen molar-refractivity contribution in [3.05, 3.63) is 46.7 Å². The van der Waals surface area contributed by atoms with E-state index in [-0.39, 0.29) is 40.6 Å². The molecule has 2 unspecified atom stereocenters. The second-order valence-electron chi connectivity index (χ2n) is 10.3. The van der Waals surface area contributed by atoms with Gasteiger partial charge in [0.05, 0.1) is 21.3 Å². The Morgan fingerprint density at radius 2 is 1.70 bits per heavy atom. The topological polar surface area (TPSA) is 105 Å². The molecule has 37 heavy (non-hydrogen) atoms. The van der Waals surface area contributed by atoms with Crippen LogP contribution in [0.25, 0.3) is 0 Å². The van der Waals surface area contributed by atoms with Gasteiger partial charge in [-0.15, -0.1) is 0 Å². The highest BCUT2D eigenvalue weighted by Crippen LogP contribution is 2.56. The quantitative estimate of drug-likeness (QED) is 0.387. The number of ether oxygens (including phenoxy) is 4. The zero-order chi connectivity index (χ0) is 27.1. The highest BCUT2D eigenvalue weighted by Gasteiger charge is 2.46. The van der Waals surface area contributed by atoms with Crippen LogP contribution in [0.2, 0.25) is 0 Å². The third-order valence-corrected chi connectivity index (χ3v) is 7.35. The van der Waals surface area contributed by atoms with E-state index < -0.39 is 5.91 Å². The number of hydrogen-bond donors (Lipinski definition) is 1. The maximum absolute atomic E-state index is 13.0. The first-order chi connectivity index (χ1) is 17.5. The Kier molecular flexibility index (Phi) is 7.08. The van der Waals surface area contributed by atoms with Crippen molar-refractivity contribution in [2.45, 2.75) is 52.9 Å². The Morgan fingerprint density at radius 3 is 2.27 bits per heavy atom. The number of nitrogens with one attached hydrogen (secondary N) is 1. The van der Waals surface area contributed by atoms with Crippen LogP contribution in [0.1, 0.15) is 67.8 Å². The molecule has 1 aliphatic carbocycles. The number of amides is 1. The summed E-state index contributed by atoms with van der Waals surface area (Å²) in [4.78, 5) is 21.2. The van der Waals surface area contributed by atoms with Gasteiger partial charge in [0.1, 0.15) is 5.75 Å². The maximum Gasteiger partial charge on any atom is 0.322 e. The Morgan fingerprint density at radius 1 is 1.05 bits per heavy atom. The lowest BCUT2D eigenvalue weighted by Gasteiger charge is -2.30. The summed E-state index contributed by atoms with van der Waals surface area (Å²) < 4.78 is 27.7. The summed E-state index contributed by atoms with van der Waals surface area (Å²) in [7, 11) is 4.26. The Hall–Kier alpha value is -3.75. The summed E-state index contributed by atoms with van der Waals surface area (Å²) in [6, 6.07) is 7.53. The van der Waals surface area contributed by atoms with Crippen molar-refractivity contribution in [2.75, 3.05) is 26.6 Å². The van der Waals surface area contributed by atoms with Gasteiger partial charge < -0.3 is 28.7 Å². The standard InChI is InChI=1S/C28H35N3O6/c1-14(2)21-16(4)28(5,6)17-12-15(3)13-19(22(17)21)37-20-11-10-18(36-20)24(32)29-23-25(33-7)30-27(35-9)31-26(23)34-8/h10-14,16,21H,1-9H3,(H,29,32). The minimum atomic E-state index is -0.537. The molecule has 9 nitrogen and oxygen atoms in total. The van der Waals surface area contributed by atoms with Gasteiger partial charge in [-0.3, -0.25) is 4.79 Å². The maximum atomic E-state index is 13.0. The lowest BCUT2D eigenvalue weighted by molar-refractivity contribution is 0.0990. The minimum Gasteiger partial charge on any atom is -0.479 e. The number of anilines is 1. The van der Waals surface area contributed by atoms with Crippen molar-refractivity contribution in [3.63, 3.8) is 0 Å². The molecule has 2 atom stereocenters. The number of carbonyl (C=O) groups is 1. The number of aryl methyl sites for hydroxylation is 1. The van der Waals surface area contributed by atoms with Gasteiger partial charge >= 0.3 is 6.01 Å². The van der Waals surface area contributed by atoms with Crippen molar-refractivity contribution in [1.82, 2.24) is 9.97 Å². The predicted molar refractivity (Wildman–Crippen MR) is 139 cm³/mol. The molecule has 1 aromatic carbocycles. The molecule has 0 saturated carbocycles. The fourth-order valence-corrected chi connectivity index (χ4v) is 5.26. The molecule has 3 aromatic rings. The van der Waals surface area contributed by atoms with Gasteiger partial charge in [0.25, 0.3) is 11.9 Å². The largest absolute Gasteiger partial charge is 0.479 e. The summed E-state index contributed by atoms with van der Waals surface area (Å²) in [5, 5.41) is 2.70. The summed E-state index contributed by atoms with van der Waals surface area (Å²) in [5.74, 6) is 1.91. The van der Waals surface area contributed by atoms with Crippen LogP contribution in [0, 0.1) is 18.8 Å². The first-order valence-corrected chi connectivity index (χ1v) is 12.3. The van der Waals surface area contributed by atoms with E-state index in [1.807, 2.05) is 6.07 Å². The van der Waals surface area contributed by atoms with Crippen molar-refractivity contribution in [2.24, 2.45) is 11.8 Å². The van der Waals surface area contributed by atoms with Crippen LogP contribution in [-0.4, -0.2) is 37.2 Å². The first-order valence-electron chi connectivity index (χ1n) is 12.3. The number of aromatic nitrogens is 2. The summed E-state index contributed by atoms with van der Waals surface area (Å²) >= 11 is 0. The average molecular weight is 510 g/mol. The Labute approximate surface area is 217 Å². The van der Waals surface area contributed by atoms with E-state index >= 15 is 0 Å². The van der Waals surface area contributed by atoms with Crippen molar-refractivity contribution < 1.29 is 28.2 Å². The molecule has 2 heterocycles. The number of fused-ring (bicyclic) bond motifs is 1. The number of nitrogens with zero attached hydrogens (tertiary/aromatic N) is 2. The number of carbonyl (C=O) groups excluding carboxylic acids is 1. The highest BCUT2D eigenvalue weighted by atomic mass is 16.6. The van der Waals surface area contributed by atoms with Gasteiger partial charge in [-0.05, 0) is 53.4 Å². The molecule has 1 amide bonds. The molecule has 0 aliphatic heterocycles. The number of hydrogen-bond acceptors (Lipinski definition) is 8. The van der Waals surface area contributed by atoms with Crippen molar-refractivity contribution in [3.8, 4) is 29.5 Å². The molecule has 9 heteroatoms. The van der Waals surface area contributed by atoms with E-state index in [4.69, 9.17) is 23.4 Å². The van der Waals surface area contributed by atoms with Gasteiger partial charge in [0.15, 0.2) is 11.4 Å². The molecular formula is C28H35N3O6. The summed E-state index contributed by atoms with van der Waals surface area (Å²) in [6.45, 7) is 13.5. The molecule has 0 fully saturated rings. The zero-order valence-corrected chi connectivity index (χ0v) is 22.9. The van der Waals surface area contributed by atoms with Crippen LogP contribution < -0.4 is 24.3 Å². The monoisotopic (exact) mass is 509 g/mol. The van der Waals surface area contributed by atoms with Gasteiger partial charge in [-0.25, -0.2) is 0 Å². The molecule has 1 aliphatic rings. The number of benzene rings is 1. The van der Waals surface area contributed by atoms with Gasteiger partial charge in [0, 0.05) is 11.6 Å². The molecule has 0 bridgehead atoms. The van der Waals surface area contributed by atoms with E-state index in [0.717, 1.165) is 11.3 Å². The van der Waals surface area contributed by atoms with Crippen LogP contribution in [-0.2, 0) is 5.41 Å². The third kappa shape index (κ3) is 4.70. The van der Waals surface area contributed by atoms with E-state index in [0.29, 0.717) is 17.8 Å². The van der Waals surface area contributed by atoms with Crippen LogP contribution in [0.3, 0.4) is 0 Å². The lowest BCUT2D eigenvalue weighted by atomic mass is 9.74. The first kappa shape index (κ1) is 26.3. The van der Waals surface area contributed by atoms with E-state index in [2.05, 4.69) is 62.9 Å². The Bertz CT molecular complexity index is 1290. The summed E-state index contributed by atoms with van der Waals surface area (Å²) in [6.07, 6.45) is 0. The SMILES string of the molecule is COc1nc(OC)c(NC(=O)c2ccc(Oc3cc(C)cc4c3C(C(C)C)C(C)C4(C)C)o2)c(OC)n1. The second kappa shape index (κ2) is 9.95. The molecule has 0 saturated heterocycles.